The van der Waals surface area contributed by atoms with Gasteiger partial charge >= 0.3 is 0 Å². The van der Waals surface area contributed by atoms with Gasteiger partial charge in [-0.2, -0.15) is 5.10 Å². The standard InChI is InChI=1S/C15H19N3O/c1-18-10-12-8-7-11(9-14(12)17-18)15(19)16-13-5-3-2-4-6-13/h7-10,13H,2-6H2,1H3,(H,16,19). The van der Waals surface area contributed by atoms with E-state index in [1.54, 1.807) is 4.68 Å². The van der Waals surface area contributed by atoms with Crippen LogP contribution in [-0.4, -0.2) is 21.7 Å². The molecule has 1 aromatic heterocycles. The topological polar surface area (TPSA) is 46.9 Å². The maximum atomic E-state index is 12.2. The van der Waals surface area contributed by atoms with Crippen molar-refractivity contribution in [2.75, 3.05) is 0 Å². The number of carbonyl (C=O) groups excluding carboxylic acids is 1. The lowest BCUT2D eigenvalue weighted by atomic mass is 9.95. The van der Waals surface area contributed by atoms with Crippen LogP contribution in [0.3, 0.4) is 0 Å². The second-order valence-corrected chi connectivity index (χ2v) is 5.38. The lowest BCUT2D eigenvalue weighted by Crippen LogP contribution is -2.36. The summed E-state index contributed by atoms with van der Waals surface area (Å²) in [5.74, 6) is 0.0273. The van der Waals surface area contributed by atoms with E-state index >= 15 is 0 Å². The Balaban J connectivity index is 1.76. The Morgan fingerprint density at radius 1 is 1.32 bits per heavy atom. The molecule has 1 fully saturated rings. The number of hydrogen-bond acceptors (Lipinski definition) is 2. The highest BCUT2D eigenvalue weighted by molar-refractivity contribution is 5.97. The zero-order valence-corrected chi connectivity index (χ0v) is 11.2. The Morgan fingerprint density at radius 3 is 2.89 bits per heavy atom. The first-order valence-electron chi connectivity index (χ1n) is 6.97. The SMILES string of the molecule is Cn1cc2ccc(C(=O)NC3CCCCC3)cc2n1. The molecular weight excluding hydrogens is 238 g/mol. The lowest BCUT2D eigenvalue weighted by molar-refractivity contribution is 0.0928. The van der Waals surface area contributed by atoms with Crippen LogP contribution in [0.15, 0.2) is 24.4 Å². The van der Waals surface area contributed by atoms with Crippen LogP contribution in [0.1, 0.15) is 42.5 Å². The van der Waals surface area contributed by atoms with Crippen LogP contribution >= 0.6 is 0 Å². The number of nitrogens with zero attached hydrogens (tertiary/aromatic N) is 2. The van der Waals surface area contributed by atoms with Crippen LogP contribution in [0.4, 0.5) is 0 Å². The fourth-order valence-corrected chi connectivity index (χ4v) is 2.80. The Labute approximate surface area is 112 Å². The molecule has 1 aliphatic rings. The summed E-state index contributed by atoms with van der Waals surface area (Å²) in [6.45, 7) is 0. The molecule has 0 radical (unpaired) electrons. The van der Waals surface area contributed by atoms with Crippen molar-refractivity contribution in [2.45, 2.75) is 38.1 Å². The number of carbonyl (C=O) groups is 1. The molecule has 4 heteroatoms. The van der Waals surface area contributed by atoms with Gasteiger partial charge < -0.3 is 5.32 Å². The van der Waals surface area contributed by atoms with Crippen LogP contribution < -0.4 is 5.32 Å². The van der Waals surface area contributed by atoms with E-state index < -0.39 is 0 Å². The highest BCUT2D eigenvalue weighted by atomic mass is 16.1. The van der Waals surface area contributed by atoms with Gasteiger partial charge in [-0.1, -0.05) is 25.3 Å². The lowest BCUT2D eigenvalue weighted by Gasteiger charge is -2.22. The summed E-state index contributed by atoms with van der Waals surface area (Å²) in [5, 5.41) is 8.54. The van der Waals surface area contributed by atoms with E-state index in [2.05, 4.69) is 10.4 Å². The quantitative estimate of drug-likeness (QED) is 0.899. The molecule has 1 saturated carbocycles. The van der Waals surface area contributed by atoms with Crippen molar-refractivity contribution in [3.8, 4) is 0 Å². The molecule has 1 heterocycles. The monoisotopic (exact) mass is 257 g/mol. The maximum Gasteiger partial charge on any atom is 0.251 e. The van der Waals surface area contributed by atoms with Gasteiger partial charge in [-0.3, -0.25) is 9.48 Å². The number of hydrogen-bond donors (Lipinski definition) is 1. The second-order valence-electron chi connectivity index (χ2n) is 5.38. The van der Waals surface area contributed by atoms with Gasteiger partial charge in [0.2, 0.25) is 0 Å². The van der Waals surface area contributed by atoms with Crippen LogP contribution in [0.2, 0.25) is 0 Å². The molecule has 1 aliphatic carbocycles. The molecule has 1 N–H and O–H groups in total. The number of aryl methyl sites for hydroxylation is 1. The molecule has 1 aromatic carbocycles. The van der Waals surface area contributed by atoms with E-state index in [-0.39, 0.29) is 5.91 Å². The smallest absolute Gasteiger partial charge is 0.251 e. The van der Waals surface area contributed by atoms with Crippen molar-refractivity contribution < 1.29 is 4.79 Å². The van der Waals surface area contributed by atoms with Gasteiger partial charge in [-0.25, -0.2) is 0 Å². The molecule has 100 valence electrons. The highest BCUT2D eigenvalue weighted by Gasteiger charge is 2.16. The predicted octanol–water partition coefficient (Wildman–Crippen LogP) is 2.64. The molecular formula is C15H19N3O. The molecule has 0 bridgehead atoms. The Kier molecular flexibility index (Phi) is 3.23. The molecule has 19 heavy (non-hydrogen) atoms. The van der Waals surface area contributed by atoms with E-state index in [9.17, 15) is 4.79 Å². The van der Waals surface area contributed by atoms with Crippen LogP contribution in [0.5, 0.6) is 0 Å². The number of amides is 1. The normalized spacial score (nSPS) is 16.7. The van der Waals surface area contributed by atoms with Crippen molar-refractivity contribution in [1.29, 1.82) is 0 Å². The van der Waals surface area contributed by atoms with Crippen LogP contribution in [0.25, 0.3) is 10.9 Å². The Morgan fingerprint density at radius 2 is 2.11 bits per heavy atom. The fraction of sp³-hybridized carbons (Fsp3) is 0.467. The predicted molar refractivity (Wildman–Crippen MR) is 75.1 cm³/mol. The molecule has 0 atom stereocenters. The van der Waals surface area contributed by atoms with Gasteiger partial charge in [-0.15, -0.1) is 0 Å². The molecule has 3 rings (SSSR count). The number of nitrogens with one attached hydrogen (secondary N) is 1. The maximum absolute atomic E-state index is 12.2. The minimum atomic E-state index is 0.0273. The minimum absolute atomic E-state index is 0.0273. The van der Waals surface area contributed by atoms with E-state index in [0.29, 0.717) is 11.6 Å². The van der Waals surface area contributed by atoms with Gasteiger partial charge in [0, 0.05) is 30.2 Å². The first kappa shape index (κ1) is 12.2. The summed E-state index contributed by atoms with van der Waals surface area (Å²) in [6.07, 6.45) is 7.92. The summed E-state index contributed by atoms with van der Waals surface area (Å²) in [7, 11) is 1.89. The van der Waals surface area contributed by atoms with E-state index in [1.807, 2.05) is 31.4 Å². The molecule has 0 unspecified atom stereocenters. The largest absolute Gasteiger partial charge is 0.349 e. The summed E-state index contributed by atoms with van der Waals surface area (Å²) >= 11 is 0. The highest BCUT2D eigenvalue weighted by Crippen LogP contribution is 2.19. The van der Waals surface area contributed by atoms with Gasteiger partial charge in [-0.05, 0) is 25.0 Å². The molecule has 2 aromatic rings. The van der Waals surface area contributed by atoms with Crippen molar-refractivity contribution in [2.24, 2.45) is 7.05 Å². The molecule has 4 nitrogen and oxygen atoms in total. The number of rotatable bonds is 2. The average Bonchev–Trinajstić information content (AvgIpc) is 2.78. The summed E-state index contributed by atoms with van der Waals surface area (Å²) in [4.78, 5) is 12.2. The van der Waals surface area contributed by atoms with Gasteiger partial charge in [0.1, 0.15) is 0 Å². The van der Waals surface area contributed by atoms with Gasteiger partial charge in [0.15, 0.2) is 0 Å². The number of fused-ring (bicyclic) bond motifs is 1. The first-order chi connectivity index (χ1) is 9.22. The third-order valence-corrected chi connectivity index (χ3v) is 3.82. The fourth-order valence-electron chi connectivity index (χ4n) is 2.80. The molecule has 1 amide bonds. The Hall–Kier alpha value is -1.84. The number of benzene rings is 1. The molecule has 0 spiro atoms. The summed E-state index contributed by atoms with van der Waals surface area (Å²) in [6, 6.07) is 6.05. The molecule has 0 aliphatic heterocycles. The van der Waals surface area contributed by atoms with Crippen molar-refractivity contribution in [3.05, 3.63) is 30.0 Å². The van der Waals surface area contributed by atoms with E-state index in [0.717, 1.165) is 23.7 Å². The summed E-state index contributed by atoms with van der Waals surface area (Å²) in [5.41, 5.74) is 1.58. The van der Waals surface area contributed by atoms with E-state index in [4.69, 9.17) is 0 Å². The van der Waals surface area contributed by atoms with Crippen LogP contribution in [-0.2, 0) is 7.05 Å². The number of aromatic nitrogens is 2. The minimum Gasteiger partial charge on any atom is -0.349 e. The van der Waals surface area contributed by atoms with Gasteiger partial charge in [0.25, 0.3) is 5.91 Å². The zero-order valence-electron chi connectivity index (χ0n) is 11.2. The third kappa shape index (κ3) is 2.62. The third-order valence-electron chi connectivity index (χ3n) is 3.82. The first-order valence-corrected chi connectivity index (χ1v) is 6.97. The van der Waals surface area contributed by atoms with Crippen molar-refractivity contribution in [1.82, 2.24) is 15.1 Å². The second kappa shape index (κ2) is 5.03. The average molecular weight is 257 g/mol. The van der Waals surface area contributed by atoms with Crippen molar-refractivity contribution >= 4 is 16.8 Å². The Bertz CT molecular complexity index is 596. The van der Waals surface area contributed by atoms with Crippen LogP contribution in [0, 0.1) is 0 Å². The zero-order chi connectivity index (χ0) is 13.2. The summed E-state index contributed by atoms with van der Waals surface area (Å²) < 4.78 is 1.77. The van der Waals surface area contributed by atoms with Gasteiger partial charge in [0.05, 0.1) is 5.52 Å². The van der Waals surface area contributed by atoms with Crippen molar-refractivity contribution in [3.63, 3.8) is 0 Å². The molecule has 0 saturated heterocycles. The van der Waals surface area contributed by atoms with E-state index in [1.165, 1.54) is 19.3 Å².